The Morgan fingerprint density at radius 2 is 1.78 bits per heavy atom. The molecular weight excluding hydrogens is 225 g/mol. The van der Waals surface area contributed by atoms with Crippen molar-refractivity contribution in [1.82, 2.24) is 5.32 Å². The zero-order valence-electron chi connectivity index (χ0n) is 10.8. The minimum atomic E-state index is -0.194. The van der Waals surface area contributed by atoms with E-state index in [0.717, 1.165) is 17.5 Å². The average Bonchev–Trinajstić information content (AvgIpc) is 2.39. The van der Waals surface area contributed by atoms with Crippen LogP contribution >= 0.6 is 0 Å². The second kappa shape index (κ2) is 5.78. The summed E-state index contributed by atoms with van der Waals surface area (Å²) in [6, 6.07) is 15.5. The van der Waals surface area contributed by atoms with Crippen LogP contribution in [0, 0.1) is 5.82 Å². The summed E-state index contributed by atoms with van der Waals surface area (Å²) in [6.07, 6.45) is 1.000. The Morgan fingerprint density at radius 1 is 1.06 bits per heavy atom. The molecule has 0 saturated heterocycles. The first-order chi connectivity index (χ1) is 8.69. The second-order valence-electron chi connectivity index (χ2n) is 4.60. The summed E-state index contributed by atoms with van der Waals surface area (Å²) in [4.78, 5) is 0. The van der Waals surface area contributed by atoms with Gasteiger partial charge in [0.15, 0.2) is 0 Å². The lowest BCUT2D eigenvalue weighted by Crippen LogP contribution is -2.23. The van der Waals surface area contributed by atoms with Crippen molar-refractivity contribution in [2.75, 3.05) is 7.05 Å². The van der Waals surface area contributed by atoms with Crippen LogP contribution in [0.4, 0.5) is 4.39 Å². The number of likely N-dealkylation sites (N-methyl/N-ethyl adjacent to an activating group) is 1. The van der Waals surface area contributed by atoms with E-state index < -0.39 is 0 Å². The highest BCUT2D eigenvalue weighted by Crippen LogP contribution is 2.20. The van der Waals surface area contributed by atoms with Crippen LogP contribution in [0.3, 0.4) is 0 Å². The highest BCUT2D eigenvalue weighted by molar-refractivity contribution is 5.63. The number of benzene rings is 2. The van der Waals surface area contributed by atoms with E-state index in [1.807, 2.05) is 25.2 Å². The normalized spacial score (nSPS) is 12.4. The van der Waals surface area contributed by atoms with Gasteiger partial charge < -0.3 is 5.32 Å². The molecule has 2 aromatic carbocycles. The number of hydrogen-bond acceptors (Lipinski definition) is 1. The van der Waals surface area contributed by atoms with Gasteiger partial charge in [-0.1, -0.05) is 36.4 Å². The van der Waals surface area contributed by atoms with E-state index in [2.05, 4.69) is 24.4 Å². The van der Waals surface area contributed by atoms with Gasteiger partial charge in [0, 0.05) is 6.04 Å². The van der Waals surface area contributed by atoms with Crippen LogP contribution in [0.25, 0.3) is 11.1 Å². The third-order valence-corrected chi connectivity index (χ3v) is 3.15. The molecule has 0 bridgehead atoms. The smallest absolute Gasteiger partial charge is 0.123 e. The number of hydrogen-bond donors (Lipinski definition) is 1. The molecule has 2 rings (SSSR count). The van der Waals surface area contributed by atoms with Crippen molar-refractivity contribution in [1.29, 1.82) is 0 Å². The molecule has 0 aliphatic carbocycles. The lowest BCUT2D eigenvalue weighted by molar-refractivity contribution is 0.608. The fourth-order valence-corrected chi connectivity index (χ4v) is 1.96. The molecule has 2 heteroatoms. The van der Waals surface area contributed by atoms with Gasteiger partial charge in [-0.3, -0.25) is 0 Å². The molecule has 1 atom stereocenters. The van der Waals surface area contributed by atoms with E-state index in [4.69, 9.17) is 0 Å². The monoisotopic (exact) mass is 243 g/mol. The Hall–Kier alpha value is -1.67. The fourth-order valence-electron chi connectivity index (χ4n) is 1.96. The molecule has 94 valence electrons. The summed E-state index contributed by atoms with van der Waals surface area (Å²) < 4.78 is 13.1. The Morgan fingerprint density at radius 3 is 2.39 bits per heavy atom. The Labute approximate surface area is 108 Å². The second-order valence-corrected chi connectivity index (χ2v) is 4.60. The summed E-state index contributed by atoms with van der Waals surface area (Å²) in [5.41, 5.74) is 3.26. The molecule has 18 heavy (non-hydrogen) atoms. The zero-order chi connectivity index (χ0) is 13.0. The van der Waals surface area contributed by atoms with E-state index in [-0.39, 0.29) is 5.82 Å². The quantitative estimate of drug-likeness (QED) is 0.864. The Bertz CT molecular complexity index is 505. The number of nitrogens with one attached hydrogen (secondary N) is 1. The predicted octanol–water partition coefficient (Wildman–Crippen LogP) is 3.64. The third-order valence-electron chi connectivity index (χ3n) is 3.15. The van der Waals surface area contributed by atoms with Gasteiger partial charge >= 0.3 is 0 Å². The molecule has 2 aromatic rings. The largest absolute Gasteiger partial charge is 0.317 e. The number of rotatable bonds is 4. The first kappa shape index (κ1) is 12.8. The van der Waals surface area contributed by atoms with Crippen LogP contribution in [-0.2, 0) is 6.42 Å². The molecule has 0 aromatic heterocycles. The Balaban J connectivity index is 2.17. The van der Waals surface area contributed by atoms with E-state index in [1.54, 1.807) is 12.1 Å². The van der Waals surface area contributed by atoms with Crippen molar-refractivity contribution in [3.05, 3.63) is 59.9 Å². The van der Waals surface area contributed by atoms with Crippen molar-refractivity contribution in [2.45, 2.75) is 19.4 Å². The molecule has 1 nitrogen and oxygen atoms in total. The summed E-state index contributed by atoms with van der Waals surface area (Å²) in [7, 11) is 1.96. The van der Waals surface area contributed by atoms with Crippen LogP contribution < -0.4 is 5.32 Å². The van der Waals surface area contributed by atoms with Crippen molar-refractivity contribution in [3.8, 4) is 11.1 Å². The molecule has 0 saturated carbocycles. The molecule has 0 amide bonds. The van der Waals surface area contributed by atoms with Crippen LogP contribution in [0.2, 0.25) is 0 Å². The molecule has 1 unspecified atom stereocenters. The van der Waals surface area contributed by atoms with E-state index in [9.17, 15) is 4.39 Å². The van der Waals surface area contributed by atoms with Crippen LogP contribution in [0.5, 0.6) is 0 Å². The van der Waals surface area contributed by atoms with Crippen molar-refractivity contribution >= 4 is 0 Å². The number of halogens is 1. The highest BCUT2D eigenvalue weighted by Gasteiger charge is 2.02. The molecule has 0 heterocycles. The molecule has 1 N–H and O–H groups in total. The van der Waals surface area contributed by atoms with Gasteiger partial charge in [0.1, 0.15) is 5.82 Å². The van der Waals surface area contributed by atoms with Gasteiger partial charge in [0.25, 0.3) is 0 Å². The summed E-state index contributed by atoms with van der Waals surface area (Å²) in [6.45, 7) is 2.15. The van der Waals surface area contributed by atoms with Gasteiger partial charge in [-0.15, -0.1) is 0 Å². The molecule has 0 fully saturated rings. The first-order valence-corrected chi connectivity index (χ1v) is 6.21. The molecule has 0 aliphatic rings. The van der Waals surface area contributed by atoms with E-state index in [1.165, 1.54) is 11.6 Å². The molecule has 0 radical (unpaired) electrons. The van der Waals surface area contributed by atoms with E-state index >= 15 is 0 Å². The van der Waals surface area contributed by atoms with Crippen LogP contribution in [0.15, 0.2) is 48.5 Å². The highest BCUT2D eigenvalue weighted by atomic mass is 19.1. The van der Waals surface area contributed by atoms with Gasteiger partial charge in [-0.05, 0) is 49.2 Å². The van der Waals surface area contributed by atoms with Crippen molar-refractivity contribution in [2.24, 2.45) is 0 Å². The van der Waals surface area contributed by atoms with E-state index in [0.29, 0.717) is 6.04 Å². The lowest BCUT2D eigenvalue weighted by Gasteiger charge is -2.10. The SMILES string of the molecule is CNC(C)Cc1ccc(-c2cccc(F)c2)cc1. The van der Waals surface area contributed by atoms with Crippen LogP contribution in [0.1, 0.15) is 12.5 Å². The maximum Gasteiger partial charge on any atom is 0.123 e. The minimum Gasteiger partial charge on any atom is -0.317 e. The summed E-state index contributed by atoms with van der Waals surface area (Å²) in [5.74, 6) is -0.194. The molecular formula is C16H18FN. The Kier molecular flexibility index (Phi) is 4.11. The topological polar surface area (TPSA) is 12.0 Å². The minimum absolute atomic E-state index is 0.194. The summed E-state index contributed by atoms with van der Waals surface area (Å²) in [5, 5.41) is 3.22. The van der Waals surface area contributed by atoms with Crippen molar-refractivity contribution in [3.63, 3.8) is 0 Å². The summed E-state index contributed by atoms with van der Waals surface area (Å²) >= 11 is 0. The van der Waals surface area contributed by atoms with Crippen molar-refractivity contribution < 1.29 is 4.39 Å². The van der Waals surface area contributed by atoms with Gasteiger partial charge in [0.05, 0.1) is 0 Å². The molecule has 0 aliphatic heterocycles. The first-order valence-electron chi connectivity index (χ1n) is 6.21. The van der Waals surface area contributed by atoms with Gasteiger partial charge in [-0.2, -0.15) is 0 Å². The zero-order valence-corrected chi connectivity index (χ0v) is 10.8. The predicted molar refractivity (Wildman–Crippen MR) is 74.1 cm³/mol. The maximum absolute atomic E-state index is 13.1. The third kappa shape index (κ3) is 3.17. The standard InChI is InChI=1S/C16H18FN/c1-12(18-2)10-13-6-8-14(9-7-13)15-4-3-5-16(17)11-15/h3-9,11-12,18H,10H2,1-2H3. The molecule has 0 spiro atoms. The van der Waals surface area contributed by atoms with Gasteiger partial charge in [-0.25, -0.2) is 4.39 Å². The maximum atomic E-state index is 13.1. The van der Waals surface area contributed by atoms with Crippen LogP contribution in [-0.4, -0.2) is 13.1 Å². The van der Waals surface area contributed by atoms with Gasteiger partial charge in [0.2, 0.25) is 0 Å². The average molecular weight is 243 g/mol. The fraction of sp³-hybridized carbons (Fsp3) is 0.250. The lowest BCUT2D eigenvalue weighted by atomic mass is 10.0.